The Morgan fingerprint density at radius 2 is 1.88 bits per heavy atom. The lowest BCUT2D eigenvalue weighted by Crippen LogP contribution is -2.26. The van der Waals surface area contributed by atoms with Crippen LogP contribution in [0.2, 0.25) is 0 Å². The van der Waals surface area contributed by atoms with E-state index in [2.05, 4.69) is 13.8 Å². The molecule has 1 fully saturated rings. The minimum Gasteiger partial charge on any atom is -0.393 e. The van der Waals surface area contributed by atoms with E-state index in [1.165, 1.54) is 12.8 Å². The molecule has 0 aliphatic heterocycles. The molecule has 90 valence electrons. The van der Waals surface area contributed by atoms with E-state index >= 15 is 0 Å². The Morgan fingerprint density at radius 1 is 1.31 bits per heavy atom. The number of nitrogen functional groups attached to an aromatic ring is 1. The summed E-state index contributed by atoms with van der Waals surface area (Å²) in [7, 11) is 1.95. The van der Waals surface area contributed by atoms with Gasteiger partial charge in [-0.1, -0.05) is 26.7 Å². The van der Waals surface area contributed by atoms with E-state index in [9.17, 15) is 4.79 Å². The summed E-state index contributed by atoms with van der Waals surface area (Å²) in [5.74, 6) is 0.292. The van der Waals surface area contributed by atoms with E-state index in [0.29, 0.717) is 17.6 Å². The second-order valence-corrected chi connectivity index (χ2v) is 5.07. The molecule has 1 saturated carbocycles. The molecule has 0 spiro atoms. The van der Waals surface area contributed by atoms with E-state index in [4.69, 9.17) is 5.73 Å². The third kappa shape index (κ3) is 1.56. The van der Waals surface area contributed by atoms with Crippen molar-refractivity contribution < 1.29 is 0 Å². The molecule has 1 heterocycles. The summed E-state index contributed by atoms with van der Waals surface area (Å²) in [4.78, 5) is 12.1. The second kappa shape index (κ2) is 4.00. The first kappa shape index (κ1) is 11.3. The molecular weight excluding hydrogens is 202 g/mol. The fraction of sp³-hybridized carbons (Fsp3) is 0.750. The Labute approximate surface area is 96.0 Å². The van der Waals surface area contributed by atoms with Crippen LogP contribution in [0.25, 0.3) is 0 Å². The molecule has 4 heteroatoms. The predicted octanol–water partition coefficient (Wildman–Crippen LogP) is 2.01. The minimum atomic E-state index is -0.00176. The van der Waals surface area contributed by atoms with Gasteiger partial charge in [0.2, 0.25) is 0 Å². The van der Waals surface area contributed by atoms with Crippen molar-refractivity contribution in [2.75, 3.05) is 5.73 Å². The molecule has 0 aromatic carbocycles. The van der Waals surface area contributed by atoms with Crippen molar-refractivity contribution in [3.8, 4) is 0 Å². The summed E-state index contributed by atoms with van der Waals surface area (Å²) >= 11 is 0. The molecular formula is C12H21N3O. The van der Waals surface area contributed by atoms with E-state index in [1.54, 1.807) is 0 Å². The Kier molecular flexibility index (Phi) is 2.82. The maximum absolute atomic E-state index is 12.1. The van der Waals surface area contributed by atoms with E-state index in [1.807, 2.05) is 16.4 Å². The van der Waals surface area contributed by atoms with Crippen molar-refractivity contribution in [2.24, 2.45) is 7.05 Å². The first-order valence-corrected chi connectivity index (χ1v) is 6.11. The van der Waals surface area contributed by atoms with Gasteiger partial charge in [0.05, 0.1) is 11.7 Å². The molecule has 0 amide bonds. The lowest BCUT2D eigenvalue weighted by atomic mass is 10.1. The van der Waals surface area contributed by atoms with Crippen molar-refractivity contribution in [3.63, 3.8) is 0 Å². The van der Waals surface area contributed by atoms with Crippen molar-refractivity contribution in [1.82, 2.24) is 9.36 Å². The molecule has 0 unspecified atom stereocenters. The highest BCUT2D eigenvalue weighted by Crippen LogP contribution is 2.30. The number of nitrogens with two attached hydrogens (primary N) is 1. The predicted molar refractivity (Wildman–Crippen MR) is 65.7 cm³/mol. The van der Waals surface area contributed by atoms with Crippen LogP contribution in [0.15, 0.2) is 4.79 Å². The highest BCUT2D eigenvalue weighted by atomic mass is 16.1. The molecule has 0 bridgehead atoms. The summed E-state index contributed by atoms with van der Waals surface area (Å²) in [5.41, 5.74) is 7.32. The highest BCUT2D eigenvalue weighted by molar-refractivity contribution is 5.43. The van der Waals surface area contributed by atoms with E-state index < -0.39 is 0 Å². The largest absolute Gasteiger partial charge is 0.393 e. The zero-order chi connectivity index (χ0) is 11.9. The van der Waals surface area contributed by atoms with Crippen LogP contribution >= 0.6 is 0 Å². The first-order chi connectivity index (χ1) is 7.54. The molecule has 0 saturated heterocycles. The fourth-order valence-electron chi connectivity index (χ4n) is 2.90. The number of hydrogen-bond acceptors (Lipinski definition) is 2. The van der Waals surface area contributed by atoms with Crippen molar-refractivity contribution in [2.45, 2.75) is 51.5 Å². The third-order valence-electron chi connectivity index (χ3n) is 3.60. The number of nitrogens with zero attached hydrogens (tertiary/aromatic N) is 2. The molecule has 1 aromatic heterocycles. The molecule has 2 rings (SSSR count). The standard InChI is InChI=1S/C12H21N3O/c1-8(2)11-10(13)12(16)15(14(11)3)9-6-4-5-7-9/h8-9H,4-7,13H2,1-3H3. The molecule has 4 nitrogen and oxygen atoms in total. The SMILES string of the molecule is CC(C)c1c(N)c(=O)n(C2CCCC2)n1C. The van der Waals surface area contributed by atoms with Gasteiger partial charge >= 0.3 is 0 Å². The van der Waals surface area contributed by atoms with Gasteiger partial charge in [0.15, 0.2) is 0 Å². The van der Waals surface area contributed by atoms with Gasteiger partial charge in [-0.3, -0.25) is 9.48 Å². The van der Waals surface area contributed by atoms with Crippen molar-refractivity contribution in [3.05, 3.63) is 16.0 Å². The maximum atomic E-state index is 12.1. The topological polar surface area (TPSA) is 53.0 Å². The molecule has 1 aliphatic carbocycles. The summed E-state index contributed by atoms with van der Waals surface area (Å²) in [6.07, 6.45) is 4.65. The number of hydrogen-bond donors (Lipinski definition) is 1. The van der Waals surface area contributed by atoms with Crippen LogP contribution in [0, 0.1) is 0 Å². The Morgan fingerprint density at radius 3 is 2.31 bits per heavy atom. The van der Waals surface area contributed by atoms with Gasteiger partial charge in [-0.2, -0.15) is 0 Å². The molecule has 1 aromatic rings. The van der Waals surface area contributed by atoms with Crippen LogP contribution in [0.4, 0.5) is 5.69 Å². The van der Waals surface area contributed by atoms with Crippen molar-refractivity contribution >= 4 is 5.69 Å². The summed E-state index contributed by atoms with van der Waals surface area (Å²) in [5, 5.41) is 0. The molecule has 1 aliphatic rings. The average molecular weight is 223 g/mol. The summed E-state index contributed by atoms with van der Waals surface area (Å²) < 4.78 is 3.83. The Balaban J connectivity index is 2.53. The fourth-order valence-corrected chi connectivity index (χ4v) is 2.90. The number of rotatable bonds is 2. The van der Waals surface area contributed by atoms with Crippen LogP contribution in [0.5, 0.6) is 0 Å². The van der Waals surface area contributed by atoms with Gasteiger partial charge in [-0.25, -0.2) is 4.68 Å². The van der Waals surface area contributed by atoms with E-state index in [0.717, 1.165) is 18.5 Å². The Hall–Kier alpha value is -1.19. The minimum absolute atomic E-state index is 0.00176. The lowest BCUT2D eigenvalue weighted by molar-refractivity contribution is 0.384. The molecule has 2 N–H and O–H groups in total. The monoisotopic (exact) mass is 223 g/mol. The van der Waals surface area contributed by atoms with Gasteiger partial charge in [0.1, 0.15) is 5.69 Å². The van der Waals surface area contributed by atoms with Gasteiger partial charge in [0.25, 0.3) is 5.56 Å². The normalized spacial score (nSPS) is 17.5. The van der Waals surface area contributed by atoms with Crippen LogP contribution in [0.3, 0.4) is 0 Å². The molecule has 16 heavy (non-hydrogen) atoms. The smallest absolute Gasteiger partial charge is 0.290 e. The van der Waals surface area contributed by atoms with Crippen LogP contribution in [-0.2, 0) is 7.05 Å². The zero-order valence-corrected chi connectivity index (χ0v) is 10.4. The maximum Gasteiger partial charge on any atom is 0.290 e. The van der Waals surface area contributed by atoms with Crippen molar-refractivity contribution in [1.29, 1.82) is 0 Å². The number of anilines is 1. The van der Waals surface area contributed by atoms with E-state index in [-0.39, 0.29) is 5.56 Å². The summed E-state index contributed by atoms with van der Waals surface area (Å²) in [6, 6.07) is 0.354. The second-order valence-electron chi connectivity index (χ2n) is 5.07. The average Bonchev–Trinajstić information content (AvgIpc) is 2.76. The van der Waals surface area contributed by atoms with Gasteiger partial charge < -0.3 is 5.73 Å². The molecule has 0 radical (unpaired) electrons. The summed E-state index contributed by atoms with van der Waals surface area (Å²) in [6.45, 7) is 4.15. The lowest BCUT2D eigenvalue weighted by Gasteiger charge is -2.16. The molecule has 0 atom stereocenters. The van der Waals surface area contributed by atoms with Gasteiger partial charge in [0, 0.05) is 7.05 Å². The number of aromatic nitrogens is 2. The Bertz CT molecular complexity index is 436. The van der Waals surface area contributed by atoms with Crippen LogP contribution in [0.1, 0.15) is 57.2 Å². The van der Waals surface area contributed by atoms with Crippen LogP contribution < -0.4 is 11.3 Å². The third-order valence-corrected chi connectivity index (χ3v) is 3.60. The highest BCUT2D eigenvalue weighted by Gasteiger charge is 2.25. The van der Waals surface area contributed by atoms with Crippen LogP contribution in [-0.4, -0.2) is 9.36 Å². The quantitative estimate of drug-likeness (QED) is 0.833. The first-order valence-electron chi connectivity index (χ1n) is 6.11. The zero-order valence-electron chi connectivity index (χ0n) is 10.4. The van der Waals surface area contributed by atoms with Gasteiger partial charge in [-0.15, -0.1) is 0 Å². The van der Waals surface area contributed by atoms with Gasteiger partial charge in [-0.05, 0) is 18.8 Å².